The van der Waals surface area contributed by atoms with Gasteiger partial charge in [0.1, 0.15) is 12.3 Å². The first-order valence-corrected chi connectivity index (χ1v) is 10.3. The van der Waals surface area contributed by atoms with E-state index in [0.29, 0.717) is 17.8 Å². The Kier molecular flexibility index (Phi) is 5.96. The van der Waals surface area contributed by atoms with Crippen LogP contribution in [0, 0.1) is 6.92 Å². The van der Waals surface area contributed by atoms with Crippen LogP contribution in [0.25, 0.3) is 0 Å². The molecule has 1 saturated heterocycles. The maximum atomic E-state index is 12.9. The Balaban J connectivity index is 1.52. The molecule has 2 aliphatic rings. The molecule has 2 aromatic rings. The number of halogens is 3. The number of amides is 3. The Hall–Kier alpha value is -3.63. The molecule has 2 aliphatic heterocycles. The van der Waals surface area contributed by atoms with Crippen molar-refractivity contribution in [3.63, 3.8) is 0 Å². The third-order valence-corrected chi connectivity index (χ3v) is 5.56. The van der Waals surface area contributed by atoms with E-state index < -0.39 is 36.1 Å². The van der Waals surface area contributed by atoms with Gasteiger partial charge < -0.3 is 10.1 Å². The predicted molar refractivity (Wildman–Crippen MR) is 112 cm³/mol. The lowest BCUT2D eigenvalue weighted by atomic mass is 10.0. The van der Waals surface area contributed by atoms with Gasteiger partial charge >= 0.3 is 18.3 Å². The number of alkyl halides is 3. The van der Waals surface area contributed by atoms with Gasteiger partial charge in [0.05, 0.1) is 30.9 Å². The van der Waals surface area contributed by atoms with Crippen LogP contribution < -0.4 is 5.32 Å². The van der Waals surface area contributed by atoms with E-state index in [4.69, 9.17) is 4.74 Å². The summed E-state index contributed by atoms with van der Waals surface area (Å²) in [5, 5.41) is 8.41. The number of hydrogen-bond donors (Lipinski definition) is 1. The molecule has 2 atom stereocenters. The summed E-state index contributed by atoms with van der Waals surface area (Å²) in [6.45, 7) is 4.37. The van der Waals surface area contributed by atoms with Crippen LogP contribution in [0.5, 0.6) is 0 Å². The minimum Gasteiger partial charge on any atom is -0.448 e. The van der Waals surface area contributed by atoms with E-state index in [1.807, 2.05) is 31.2 Å². The quantitative estimate of drug-likeness (QED) is 0.752. The summed E-state index contributed by atoms with van der Waals surface area (Å²) in [4.78, 5) is 30.0. The third kappa shape index (κ3) is 4.76. The number of rotatable bonds is 4. The molecule has 1 aromatic carbocycles. The fourth-order valence-electron chi connectivity index (χ4n) is 3.70. The van der Waals surface area contributed by atoms with Gasteiger partial charge in [-0.2, -0.15) is 18.3 Å². The van der Waals surface area contributed by atoms with Gasteiger partial charge in [-0.15, -0.1) is 0 Å². The molecule has 0 radical (unpaired) electrons. The van der Waals surface area contributed by atoms with Crippen molar-refractivity contribution in [2.24, 2.45) is 5.10 Å². The number of nitrogens with one attached hydrogen (secondary N) is 1. The fraction of sp³-hybridized carbons (Fsp3) is 0.364. The van der Waals surface area contributed by atoms with E-state index in [2.05, 4.69) is 15.4 Å². The van der Waals surface area contributed by atoms with Crippen LogP contribution in [0.3, 0.4) is 0 Å². The molecule has 1 aromatic heterocycles. The van der Waals surface area contributed by atoms with Crippen molar-refractivity contribution in [2.75, 3.05) is 19.7 Å². The van der Waals surface area contributed by atoms with E-state index in [9.17, 15) is 22.8 Å². The Labute approximate surface area is 188 Å². The van der Waals surface area contributed by atoms with Crippen LogP contribution in [0.15, 0.2) is 47.7 Å². The highest BCUT2D eigenvalue weighted by Crippen LogP contribution is 2.28. The van der Waals surface area contributed by atoms with E-state index in [1.165, 1.54) is 16.0 Å². The van der Waals surface area contributed by atoms with E-state index >= 15 is 0 Å². The standard InChI is InChI=1S/C22H22F3N5O3/c1-13-3-5-15(6-4-13)19-17(29-9-10-33-21(29)32)12-30(28-19)20(31)27-14(2)16-7-8-18(26-11-16)22(23,24)25/h3-8,11,14,17H,9-10,12H2,1-2H3,(H,27,31)/t14-,17-/m1/s1. The maximum absolute atomic E-state index is 12.9. The molecular formula is C22H22F3N5O3. The molecule has 0 aliphatic carbocycles. The predicted octanol–water partition coefficient (Wildman–Crippen LogP) is 3.72. The number of urea groups is 1. The van der Waals surface area contributed by atoms with E-state index in [-0.39, 0.29) is 13.2 Å². The highest BCUT2D eigenvalue weighted by molar-refractivity contribution is 6.07. The van der Waals surface area contributed by atoms with Crippen LogP contribution in [-0.2, 0) is 10.9 Å². The summed E-state index contributed by atoms with van der Waals surface area (Å²) in [5.41, 5.74) is 1.81. The van der Waals surface area contributed by atoms with E-state index in [0.717, 1.165) is 23.4 Å². The van der Waals surface area contributed by atoms with Gasteiger partial charge in [-0.05, 0) is 31.0 Å². The summed E-state index contributed by atoms with van der Waals surface area (Å²) in [6, 6.07) is 8.10. The number of aromatic nitrogens is 1. The zero-order valence-corrected chi connectivity index (χ0v) is 18.0. The van der Waals surface area contributed by atoms with Crippen molar-refractivity contribution in [2.45, 2.75) is 32.1 Å². The zero-order valence-electron chi connectivity index (χ0n) is 18.0. The molecule has 3 amide bonds. The third-order valence-electron chi connectivity index (χ3n) is 5.56. The second kappa shape index (κ2) is 8.72. The molecule has 1 fully saturated rings. The van der Waals surface area contributed by atoms with Gasteiger partial charge in [0.2, 0.25) is 0 Å². The fourth-order valence-corrected chi connectivity index (χ4v) is 3.70. The molecule has 0 spiro atoms. The van der Waals surface area contributed by atoms with Gasteiger partial charge in [-0.1, -0.05) is 35.9 Å². The number of pyridine rings is 1. The van der Waals surface area contributed by atoms with Gasteiger partial charge in [-0.3, -0.25) is 9.88 Å². The highest BCUT2D eigenvalue weighted by Gasteiger charge is 2.40. The summed E-state index contributed by atoms with van der Waals surface area (Å²) in [5.74, 6) is 0. The topological polar surface area (TPSA) is 87.1 Å². The molecule has 11 heteroatoms. The number of cyclic esters (lactones) is 1. The van der Waals surface area contributed by atoms with Gasteiger partial charge in [0.25, 0.3) is 0 Å². The first-order valence-electron chi connectivity index (χ1n) is 10.3. The number of hydrazone groups is 1. The number of carbonyl (C=O) groups is 2. The Morgan fingerprint density at radius 3 is 2.52 bits per heavy atom. The van der Waals surface area contributed by atoms with E-state index in [1.54, 1.807) is 6.92 Å². The average molecular weight is 461 g/mol. The molecule has 1 N–H and O–H groups in total. The summed E-state index contributed by atoms with van der Waals surface area (Å²) < 4.78 is 43.3. The molecule has 0 saturated carbocycles. The van der Waals surface area contributed by atoms with Crippen molar-refractivity contribution in [3.8, 4) is 0 Å². The van der Waals surface area contributed by atoms with Crippen LogP contribution >= 0.6 is 0 Å². The van der Waals surface area contributed by atoms with Crippen LogP contribution in [0.1, 0.15) is 35.3 Å². The van der Waals surface area contributed by atoms with Gasteiger partial charge in [-0.25, -0.2) is 14.6 Å². The molecular weight excluding hydrogens is 439 g/mol. The average Bonchev–Trinajstić information content (AvgIpc) is 3.40. The molecule has 0 unspecified atom stereocenters. The Morgan fingerprint density at radius 2 is 1.94 bits per heavy atom. The first-order chi connectivity index (χ1) is 15.6. The van der Waals surface area contributed by atoms with Crippen LogP contribution in [0.4, 0.5) is 22.8 Å². The summed E-state index contributed by atoms with van der Waals surface area (Å²) in [6.07, 6.45) is -3.92. The zero-order chi connectivity index (χ0) is 23.8. The molecule has 3 heterocycles. The lowest BCUT2D eigenvalue weighted by molar-refractivity contribution is -0.141. The van der Waals surface area contributed by atoms with Crippen LogP contribution in [-0.4, -0.2) is 58.5 Å². The molecule has 33 heavy (non-hydrogen) atoms. The molecule has 0 bridgehead atoms. The maximum Gasteiger partial charge on any atom is 0.433 e. The first kappa shape index (κ1) is 22.6. The minimum absolute atomic E-state index is 0.127. The lowest BCUT2D eigenvalue weighted by Crippen LogP contribution is -2.46. The summed E-state index contributed by atoms with van der Waals surface area (Å²) >= 11 is 0. The van der Waals surface area contributed by atoms with Crippen molar-refractivity contribution < 1.29 is 27.5 Å². The Morgan fingerprint density at radius 1 is 1.21 bits per heavy atom. The normalized spacial score (nSPS) is 19.4. The largest absolute Gasteiger partial charge is 0.448 e. The van der Waals surface area contributed by atoms with Gasteiger partial charge in [0.15, 0.2) is 0 Å². The van der Waals surface area contributed by atoms with Crippen molar-refractivity contribution in [1.29, 1.82) is 0 Å². The smallest absolute Gasteiger partial charge is 0.433 e. The number of hydrogen-bond acceptors (Lipinski definition) is 5. The number of carbonyl (C=O) groups excluding carboxylic acids is 2. The Bertz CT molecular complexity index is 1070. The van der Waals surface area contributed by atoms with Crippen molar-refractivity contribution in [1.82, 2.24) is 20.2 Å². The number of benzene rings is 1. The number of aryl methyl sites for hydroxylation is 1. The summed E-state index contributed by atoms with van der Waals surface area (Å²) in [7, 11) is 0. The lowest BCUT2D eigenvalue weighted by Gasteiger charge is -2.23. The minimum atomic E-state index is -4.53. The highest BCUT2D eigenvalue weighted by atomic mass is 19.4. The number of nitrogens with zero attached hydrogens (tertiary/aromatic N) is 4. The second-order valence-electron chi connectivity index (χ2n) is 7.90. The molecule has 8 nitrogen and oxygen atoms in total. The van der Waals surface area contributed by atoms with Crippen LogP contribution in [0.2, 0.25) is 0 Å². The van der Waals surface area contributed by atoms with Crippen molar-refractivity contribution in [3.05, 3.63) is 65.0 Å². The van der Waals surface area contributed by atoms with Gasteiger partial charge in [0, 0.05) is 6.20 Å². The molecule has 4 rings (SSSR count). The van der Waals surface area contributed by atoms with Crippen molar-refractivity contribution >= 4 is 17.8 Å². The second-order valence-corrected chi connectivity index (χ2v) is 7.90. The molecule has 174 valence electrons. The monoisotopic (exact) mass is 461 g/mol. The SMILES string of the molecule is Cc1ccc(C2=NN(C(=O)N[C@H](C)c3ccc(C(F)(F)F)nc3)C[C@H]2N2CCOC2=O)cc1. The number of ether oxygens (including phenoxy) is 1.